The van der Waals surface area contributed by atoms with Crippen LogP contribution in [0.2, 0.25) is 0 Å². The van der Waals surface area contributed by atoms with Gasteiger partial charge >= 0.3 is 0 Å². The number of rotatable bonds is 5. The van der Waals surface area contributed by atoms with Gasteiger partial charge in [0.1, 0.15) is 23.5 Å². The standard InChI is InChI=1S/C14H13N5O2/c15-12-13(17-8-10-4-2-6-20-10)18-9-19-14(12)21-11-3-1-5-16-7-11/h1-7,9H,8,15H2,(H,17,18,19). The SMILES string of the molecule is Nc1c(NCc2ccco2)ncnc1Oc1cccnc1. The lowest BCUT2D eigenvalue weighted by Crippen LogP contribution is -2.06. The molecule has 0 radical (unpaired) electrons. The first-order valence-corrected chi connectivity index (χ1v) is 6.27. The number of hydrogen-bond donors (Lipinski definition) is 2. The van der Waals surface area contributed by atoms with E-state index in [1.165, 1.54) is 6.33 Å². The predicted octanol–water partition coefficient (Wildman–Crippen LogP) is 2.45. The Morgan fingerprint density at radius 2 is 2.19 bits per heavy atom. The van der Waals surface area contributed by atoms with Crippen molar-refractivity contribution in [2.24, 2.45) is 0 Å². The van der Waals surface area contributed by atoms with Crippen LogP contribution in [0.15, 0.2) is 53.7 Å². The van der Waals surface area contributed by atoms with E-state index < -0.39 is 0 Å². The molecular weight excluding hydrogens is 270 g/mol. The average molecular weight is 283 g/mol. The maximum atomic E-state index is 6.01. The molecule has 7 heteroatoms. The smallest absolute Gasteiger partial charge is 0.248 e. The third kappa shape index (κ3) is 3.08. The lowest BCUT2D eigenvalue weighted by atomic mass is 10.4. The second-order valence-corrected chi connectivity index (χ2v) is 4.16. The summed E-state index contributed by atoms with van der Waals surface area (Å²) in [6, 6.07) is 7.21. The number of nitrogens with zero attached hydrogens (tertiary/aromatic N) is 3. The van der Waals surface area contributed by atoms with Crippen LogP contribution in [0, 0.1) is 0 Å². The molecule has 0 saturated carbocycles. The van der Waals surface area contributed by atoms with E-state index in [1.54, 1.807) is 30.8 Å². The molecule has 0 aromatic carbocycles. The minimum Gasteiger partial charge on any atom is -0.467 e. The lowest BCUT2D eigenvalue weighted by molar-refractivity contribution is 0.462. The number of aromatic nitrogens is 3. The molecule has 3 N–H and O–H groups in total. The van der Waals surface area contributed by atoms with E-state index in [1.807, 2.05) is 12.1 Å². The molecule has 0 atom stereocenters. The van der Waals surface area contributed by atoms with E-state index in [9.17, 15) is 0 Å². The molecule has 3 aromatic heterocycles. The van der Waals surface area contributed by atoms with Gasteiger partial charge in [-0.1, -0.05) is 0 Å². The Hall–Kier alpha value is -3.09. The van der Waals surface area contributed by atoms with Crippen molar-refractivity contribution in [1.29, 1.82) is 0 Å². The first kappa shape index (κ1) is 12.9. The summed E-state index contributed by atoms with van der Waals surface area (Å²) in [5.41, 5.74) is 6.33. The summed E-state index contributed by atoms with van der Waals surface area (Å²) >= 11 is 0. The molecule has 3 rings (SSSR count). The van der Waals surface area contributed by atoms with E-state index in [0.717, 1.165) is 5.76 Å². The Balaban J connectivity index is 1.75. The fraction of sp³-hybridized carbons (Fsp3) is 0.0714. The maximum Gasteiger partial charge on any atom is 0.248 e. The summed E-state index contributed by atoms with van der Waals surface area (Å²) in [6.07, 6.45) is 6.23. The van der Waals surface area contributed by atoms with E-state index in [0.29, 0.717) is 23.8 Å². The van der Waals surface area contributed by atoms with Crippen molar-refractivity contribution in [1.82, 2.24) is 15.0 Å². The van der Waals surface area contributed by atoms with Crippen molar-refractivity contribution in [2.75, 3.05) is 11.1 Å². The van der Waals surface area contributed by atoms with Gasteiger partial charge in [-0.05, 0) is 24.3 Å². The van der Waals surface area contributed by atoms with Gasteiger partial charge in [-0.3, -0.25) is 4.98 Å². The van der Waals surface area contributed by atoms with Gasteiger partial charge in [0.2, 0.25) is 5.88 Å². The Labute approximate surface area is 120 Å². The highest BCUT2D eigenvalue weighted by Gasteiger charge is 2.10. The molecule has 0 spiro atoms. The van der Waals surface area contributed by atoms with E-state index >= 15 is 0 Å². The summed E-state index contributed by atoms with van der Waals surface area (Å²) in [7, 11) is 0. The van der Waals surface area contributed by atoms with Crippen molar-refractivity contribution < 1.29 is 9.15 Å². The average Bonchev–Trinajstić information content (AvgIpc) is 3.03. The molecule has 0 amide bonds. The molecular formula is C14H13N5O2. The summed E-state index contributed by atoms with van der Waals surface area (Å²) in [5.74, 6) is 2.10. The fourth-order valence-electron chi connectivity index (χ4n) is 1.70. The maximum absolute atomic E-state index is 6.01. The van der Waals surface area contributed by atoms with Crippen LogP contribution >= 0.6 is 0 Å². The van der Waals surface area contributed by atoms with Crippen molar-refractivity contribution in [3.63, 3.8) is 0 Å². The molecule has 0 aliphatic heterocycles. The van der Waals surface area contributed by atoms with Crippen LogP contribution in [0.1, 0.15) is 5.76 Å². The normalized spacial score (nSPS) is 10.3. The minimum atomic E-state index is 0.278. The Morgan fingerprint density at radius 3 is 2.95 bits per heavy atom. The monoisotopic (exact) mass is 283 g/mol. The highest BCUT2D eigenvalue weighted by molar-refractivity contribution is 5.66. The van der Waals surface area contributed by atoms with Crippen LogP contribution in [0.25, 0.3) is 0 Å². The zero-order valence-corrected chi connectivity index (χ0v) is 11.1. The molecule has 0 aliphatic carbocycles. The van der Waals surface area contributed by atoms with Crippen molar-refractivity contribution in [3.8, 4) is 11.6 Å². The van der Waals surface area contributed by atoms with Gasteiger partial charge in [0.05, 0.1) is 19.0 Å². The van der Waals surface area contributed by atoms with E-state index in [2.05, 4.69) is 20.3 Å². The third-order valence-corrected chi connectivity index (χ3v) is 2.71. The number of nitrogens with one attached hydrogen (secondary N) is 1. The van der Waals surface area contributed by atoms with Gasteiger partial charge in [0.25, 0.3) is 0 Å². The molecule has 0 bridgehead atoms. The fourth-order valence-corrected chi connectivity index (χ4v) is 1.70. The van der Waals surface area contributed by atoms with Crippen LogP contribution in [-0.2, 0) is 6.54 Å². The summed E-state index contributed by atoms with van der Waals surface area (Å²) in [4.78, 5) is 12.1. The van der Waals surface area contributed by atoms with Crippen LogP contribution < -0.4 is 15.8 Å². The molecule has 3 heterocycles. The molecule has 0 fully saturated rings. The number of anilines is 2. The minimum absolute atomic E-state index is 0.278. The van der Waals surface area contributed by atoms with Gasteiger partial charge in [-0.15, -0.1) is 0 Å². The molecule has 106 valence electrons. The lowest BCUT2D eigenvalue weighted by Gasteiger charge is -2.10. The van der Waals surface area contributed by atoms with Gasteiger partial charge < -0.3 is 20.2 Å². The Kier molecular flexibility index (Phi) is 3.64. The highest BCUT2D eigenvalue weighted by atomic mass is 16.5. The number of nitrogens with two attached hydrogens (primary N) is 1. The second-order valence-electron chi connectivity index (χ2n) is 4.16. The Bertz CT molecular complexity index is 701. The largest absolute Gasteiger partial charge is 0.467 e. The first-order chi connectivity index (χ1) is 10.3. The van der Waals surface area contributed by atoms with Gasteiger partial charge in [0, 0.05) is 6.20 Å². The van der Waals surface area contributed by atoms with Crippen LogP contribution in [0.5, 0.6) is 11.6 Å². The van der Waals surface area contributed by atoms with E-state index in [4.69, 9.17) is 14.9 Å². The van der Waals surface area contributed by atoms with E-state index in [-0.39, 0.29) is 5.88 Å². The number of nitrogen functional groups attached to an aromatic ring is 1. The first-order valence-electron chi connectivity index (χ1n) is 6.27. The van der Waals surface area contributed by atoms with Gasteiger partial charge in [-0.25, -0.2) is 4.98 Å². The van der Waals surface area contributed by atoms with Crippen molar-refractivity contribution >= 4 is 11.5 Å². The van der Waals surface area contributed by atoms with Gasteiger partial charge in [-0.2, -0.15) is 4.98 Å². The second kappa shape index (κ2) is 5.91. The molecule has 0 unspecified atom stereocenters. The number of ether oxygens (including phenoxy) is 1. The summed E-state index contributed by atoms with van der Waals surface area (Å²) < 4.78 is 10.8. The van der Waals surface area contributed by atoms with Crippen LogP contribution in [0.3, 0.4) is 0 Å². The van der Waals surface area contributed by atoms with Crippen molar-refractivity contribution in [2.45, 2.75) is 6.54 Å². The highest BCUT2D eigenvalue weighted by Crippen LogP contribution is 2.28. The molecule has 0 aliphatic rings. The zero-order chi connectivity index (χ0) is 14.5. The third-order valence-electron chi connectivity index (χ3n) is 2.71. The number of pyridine rings is 1. The van der Waals surface area contributed by atoms with Gasteiger partial charge in [0.15, 0.2) is 5.82 Å². The summed E-state index contributed by atoms with van der Waals surface area (Å²) in [5, 5.41) is 3.08. The topological polar surface area (TPSA) is 99.1 Å². The Morgan fingerprint density at radius 1 is 1.24 bits per heavy atom. The quantitative estimate of drug-likeness (QED) is 0.741. The zero-order valence-electron chi connectivity index (χ0n) is 11.1. The van der Waals surface area contributed by atoms with Crippen LogP contribution in [-0.4, -0.2) is 15.0 Å². The predicted molar refractivity (Wildman–Crippen MR) is 76.8 cm³/mol. The van der Waals surface area contributed by atoms with Crippen LogP contribution in [0.4, 0.5) is 11.5 Å². The number of hydrogen-bond acceptors (Lipinski definition) is 7. The molecule has 7 nitrogen and oxygen atoms in total. The van der Waals surface area contributed by atoms with Crippen molar-refractivity contribution in [3.05, 3.63) is 55.0 Å². The number of furan rings is 1. The summed E-state index contributed by atoms with van der Waals surface area (Å²) in [6.45, 7) is 0.473. The molecule has 0 saturated heterocycles. The molecule has 3 aromatic rings. The molecule has 21 heavy (non-hydrogen) atoms.